The van der Waals surface area contributed by atoms with E-state index in [0.29, 0.717) is 37.3 Å². The van der Waals surface area contributed by atoms with Crippen LogP contribution in [0.4, 0.5) is 0 Å². The Kier molecular flexibility index (Phi) is 9.23. The van der Waals surface area contributed by atoms with Crippen molar-refractivity contribution in [1.29, 1.82) is 0 Å². The highest BCUT2D eigenvalue weighted by Gasteiger charge is 2.74. The van der Waals surface area contributed by atoms with Crippen molar-refractivity contribution in [3.05, 3.63) is 105 Å². The summed E-state index contributed by atoms with van der Waals surface area (Å²) in [4.78, 5) is 33.4. The van der Waals surface area contributed by atoms with E-state index >= 15 is 4.79 Å². The molecule has 294 valence electrons. The molecule has 1 unspecified atom stereocenters. The molecule has 7 nitrogen and oxygen atoms in total. The molecule has 1 amide bonds. The van der Waals surface area contributed by atoms with E-state index < -0.39 is 27.9 Å². The van der Waals surface area contributed by atoms with Crippen molar-refractivity contribution in [1.82, 2.24) is 4.90 Å². The van der Waals surface area contributed by atoms with Crippen LogP contribution in [-0.2, 0) is 17.6 Å². The zero-order valence-electron chi connectivity index (χ0n) is 32.9. The predicted octanol–water partition coefficient (Wildman–Crippen LogP) is 9.07. The number of ether oxygens (including phenoxy) is 2. The summed E-state index contributed by atoms with van der Waals surface area (Å²) in [6.07, 6.45) is 12.8. The minimum atomic E-state index is -1.16. The lowest BCUT2D eigenvalue weighted by Crippen LogP contribution is -2.67. The molecule has 2 spiro atoms. The highest BCUT2D eigenvalue weighted by atomic mass is 32.1. The fourth-order valence-corrected chi connectivity index (χ4v) is 14.1. The van der Waals surface area contributed by atoms with Crippen molar-refractivity contribution in [3.8, 4) is 11.5 Å². The van der Waals surface area contributed by atoms with Gasteiger partial charge in [-0.15, -0.1) is 22.7 Å². The summed E-state index contributed by atoms with van der Waals surface area (Å²) in [5.41, 5.74) is -1.09. The first kappa shape index (κ1) is 37.8. The van der Waals surface area contributed by atoms with Crippen molar-refractivity contribution in [2.24, 2.45) is 33.5 Å². The second-order valence-electron chi connectivity index (χ2n) is 17.8. The molecule has 56 heavy (non-hydrogen) atoms. The van der Waals surface area contributed by atoms with Crippen molar-refractivity contribution < 1.29 is 29.3 Å². The molecule has 6 aliphatic rings. The first-order valence-electron chi connectivity index (χ1n) is 20.3. The molecular weight excluding hydrogens is 739 g/mol. The summed E-state index contributed by atoms with van der Waals surface area (Å²) in [6.45, 7) is 5.41. The number of nitrogens with zero attached hydrogens (tertiary/aromatic N) is 1. The van der Waals surface area contributed by atoms with Gasteiger partial charge in [-0.25, -0.2) is 0 Å². The molecule has 3 saturated carbocycles. The molecule has 2 bridgehead atoms. The van der Waals surface area contributed by atoms with Crippen LogP contribution in [0.3, 0.4) is 0 Å². The van der Waals surface area contributed by atoms with Crippen LogP contribution in [0.1, 0.15) is 78.9 Å². The van der Waals surface area contributed by atoms with Gasteiger partial charge in [-0.05, 0) is 115 Å². The first-order chi connectivity index (χ1) is 26.9. The summed E-state index contributed by atoms with van der Waals surface area (Å²) in [6, 6.07) is 20.0. The lowest BCUT2D eigenvalue weighted by Gasteiger charge is -2.71. The number of rotatable bonds is 11. The van der Waals surface area contributed by atoms with E-state index in [1.807, 2.05) is 41.3 Å². The summed E-state index contributed by atoms with van der Waals surface area (Å²) < 4.78 is 12.1. The zero-order chi connectivity index (χ0) is 39.1. The number of fused-ring (bicyclic) bond motifs is 2. The number of amides is 1. The number of carbonyl (C=O) groups is 2. The average Bonchev–Trinajstić information content (AvgIpc) is 3.94. The van der Waals surface area contributed by atoms with Gasteiger partial charge < -0.3 is 24.6 Å². The highest BCUT2D eigenvalue weighted by molar-refractivity contribution is 7.21. The molecule has 9 heteroatoms. The van der Waals surface area contributed by atoms with Gasteiger partial charge >= 0.3 is 0 Å². The number of methoxy groups -OCH3 is 2. The van der Waals surface area contributed by atoms with Crippen molar-refractivity contribution >= 4 is 44.5 Å². The van der Waals surface area contributed by atoms with Gasteiger partial charge in [0.05, 0.1) is 37.2 Å². The highest BCUT2D eigenvalue weighted by Crippen LogP contribution is 2.78. The van der Waals surface area contributed by atoms with Crippen molar-refractivity contribution in [2.75, 3.05) is 27.3 Å². The molecule has 2 heterocycles. The lowest BCUT2D eigenvalue weighted by atomic mass is 9.32. The van der Waals surface area contributed by atoms with Crippen LogP contribution in [0, 0.1) is 33.5 Å². The normalized spacial score (nSPS) is 34.0. The number of hydrogen-bond acceptors (Lipinski definition) is 8. The SMILES string of the molecule is COc1ccc(CC(=O)N(CCc2cccs2)C[C@]2(O)CC[C@H]3[C@]45C=C[C@@]6(C=C4C(=O)c4cc7ccccc7s4)CC(O)CC[C@]6(C)[C@H]5CC[C@@]32C)cc1OC. The van der Waals surface area contributed by atoms with Gasteiger partial charge in [0.2, 0.25) is 5.91 Å². The van der Waals surface area contributed by atoms with E-state index in [9.17, 15) is 15.0 Å². The fraction of sp³-hybridized carbons (Fsp3) is 0.489. The smallest absolute Gasteiger partial charge is 0.227 e. The van der Waals surface area contributed by atoms with Gasteiger partial charge in [0.1, 0.15) is 0 Å². The number of aliphatic hydroxyl groups excluding tert-OH is 1. The molecule has 4 aromatic rings. The summed E-state index contributed by atoms with van der Waals surface area (Å²) in [5, 5.41) is 27.5. The lowest BCUT2D eigenvalue weighted by molar-refractivity contribution is -0.178. The van der Waals surface area contributed by atoms with Gasteiger partial charge in [0.15, 0.2) is 17.3 Å². The summed E-state index contributed by atoms with van der Waals surface area (Å²) in [7, 11) is 3.20. The monoisotopic (exact) mass is 791 g/mol. The van der Waals surface area contributed by atoms with Crippen LogP contribution >= 0.6 is 22.7 Å². The molecule has 6 aliphatic carbocycles. The molecular formula is C47H53NO6S2. The number of aliphatic hydroxyl groups is 2. The number of thiophene rings is 2. The average molecular weight is 792 g/mol. The predicted molar refractivity (Wildman–Crippen MR) is 223 cm³/mol. The Labute approximate surface area is 338 Å². The molecule has 10 rings (SSSR count). The van der Waals surface area contributed by atoms with Crippen LogP contribution in [0.2, 0.25) is 0 Å². The Morgan fingerprint density at radius 2 is 1.66 bits per heavy atom. The molecule has 0 radical (unpaired) electrons. The van der Waals surface area contributed by atoms with Crippen molar-refractivity contribution in [2.45, 2.75) is 83.3 Å². The Hall–Kier alpha value is -3.76. The minimum absolute atomic E-state index is 0.00153. The van der Waals surface area contributed by atoms with Crippen LogP contribution in [-0.4, -0.2) is 65.8 Å². The van der Waals surface area contributed by atoms with Crippen molar-refractivity contribution in [3.63, 3.8) is 0 Å². The minimum Gasteiger partial charge on any atom is -0.493 e. The fourth-order valence-electron chi connectivity index (χ4n) is 12.4. The van der Waals surface area contributed by atoms with Crippen LogP contribution in [0.15, 0.2) is 89.8 Å². The molecule has 8 atom stereocenters. The van der Waals surface area contributed by atoms with Gasteiger partial charge in [-0.2, -0.15) is 0 Å². The number of hydrogen-bond donors (Lipinski definition) is 2. The maximum Gasteiger partial charge on any atom is 0.227 e. The summed E-state index contributed by atoms with van der Waals surface area (Å²) >= 11 is 3.25. The second-order valence-corrected chi connectivity index (χ2v) is 19.9. The third-order valence-electron chi connectivity index (χ3n) is 15.4. The van der Waals surface area contributed by atoms with Gasteiger partial charge in [0.25, 0.3) is 0 Å². The Morgan fingerprint density at radius 3 is 2.43 bits per heavy atom. The summed E-state index contributed by atoms with van der Waals surface area (Å²) in [5.74, 6) is 1.45. The van der Waals surface area contributed by atoms with E-state index in [-0.39, 0.29) is 41.9 Å². The van der Waals surface area contributed by atoms with E-state index in [1.54, 1.807) is 36.9 Å². The van der Waals surface area contributed by atoms with Gasteiger partial charge in [-0.1, -0.05) is 62.4 Å². The molecule has 3 fully saturated rings. The Balaban J connectivity index is 1.09. The van der Waals surface area contributed by atoms with Crippen LogP contribution < -0.4 is 9.47 Å². The second kappa shape index (κ2) is 13.7. The first-order valence-corrected chi connectivity index (χ1v) is 22.0. The standard InChI is InChI=1S/C47H53NO6S2/c1-43-17-13-32(49)27-45(43)20-21-47(34(28-45)42(51)38-26-31-8-5-6-10-37(31)56-38)39(43)14-18-44(2)40(47)15-19-46(44,52)29-48(22-16-33-9-7-23-55-33)41(50)25-30-11-12-35(53-3)36(24-30)54-4/h5-12,20-21,23-24,26,28,32,39-40,49,52H,13-19,22,25,27,29H2,1-4H3/t32?,39-,40-,43-,44+,45+,46-,47-/m1/s1. The van der Waals surface area contributed by atoms with Crippen LogP contribution in [0.5, 0.6) is 11.5 Å². The third-order valence-corrected chi connectivity index (χ3v) is 17.5. The zero-order valence-corrected chi connectivity index (χ0v) is 34.5. The van der Waals surface area contributed by atoms with Gasteiger partial charge in [0, 0.05) is 44.5 Å². The van der Waals surface area contributed by atoms with E-state index in [4.69, 9.17) is 9.47 Å². The van der Waals surface area contributed by atoms with Crippen LogP contribution in [0.25, 0.3) is 10.1 Å². The number of benzene rings is 2. The number of carbonyl (C=O) groups excluding carboxylic acids is 2. The Bertz CT molecular complexity index is 2210. The van der Waals surface area contributed by atoms with E-state index in [0.717, 1.165) is 58.2 Å². The number of Topliss-reactive ketones (excluding diaryl/α,β-unsaturated/α-hetero) is 1. The van der Waals surface area contributed by atoms with Gasteiger partial charge in [-0.3, -0.25) is 9.59 Å². The van der Waals surface area contributed by atoms with E-state index in [1.165, 1.54) is 4.88 Å². The topological polar surface area (TPSA) is 96.3 Å². The number of allylic oxidation sites excluding steroid dienone is 4. The number of ketones is 1. The molecule has 2 aromatic heterocycles. The largest absolute Gasteiger partial charge is 0.493 e. The quantitative estimate of drug-likeness (QED) is 0.116. The molecule has 2 aromatic carbocycles. The molecule has 2 N–H and O–H groups in total. The third kappa shape index (κ3) is 5.54. The maximum absolute atomic E-state index is 15.2. The Morgan fingerprint density at radius 1 is 0.893 bits per heavy atom. The maximum atomic E-state index is 15.2. The van der Waals surface area contributed by atoms with E-state index in [2.05, 4.69) is 61.7 Å². The molecule has 0 saturated heterocycles. The molecule has 0 aliphatic heterocycles.